The zero-order valence-corrected chi connectivity index (χ0v) is 5.44. The molecule has 3 heteroatoms. The molecule has 2 heterocycles. The summed E-state index contributed by atoms with van der Waals surface area (Å²) in [6, 6.07) is 1.99. The van der Waals surface area contributed by atoms with Gasteiger partial charge in [-0.15, -0.1) is 0 Å². The first kappa shape index (κ1) is 4.99. The second-order valence-electron chi connectivity index (χ2n) is 1.74. The predicted molar refractivity (Wildman–Crippen MR) is 36.8 cm³/mol. The van der Waals surface area contributed by atoms with Crippen molar-refractivity contribution >= 4 is 18.1 Å². The van der Waals surface area contributed by atoms with Gasteiger partial charge in [0.2, 0.25) is 0 Å². The molecule has 1 aliphatic rings. The van der Waals surface area contributed by atoms with E-state index in [-0.39, 0.29) is 0 Å². The summed E-state index contributed by atoms with van der Waals surface area (Å²) in [5, 5.41) is 0. The van der Waals surface area contributed by atoms with Gasteiger partial charge in [-0.1, -0.05) is 0 Å². The topological polar surface area (TPSA) is 25.0 Å². The minimum Gasteiger partial charge on any atom is -0.428 e. The molecule has 0 bridgehead atoms. The first-order chi connectivity index (χ1) is 4.47. The van der Waals surface area contributed by atoms with Gasteiger partial charge in [0.1, 0.15) is 6.26 Å². The van der Waals surface area contributed by atoms with Gasteiger partial charge >= 0.3 is 0 Å². The Morgan fingerprint density at radius 1 is 1.56 bits per heavy atom. The van der Waals surface area contributed by atoms with Gasteiger partial charge in [0.15, 0.2) is 0 Å². The Morgan fingerprint density at radius 3 is 3.44 bits per heavy atom. The van der Waals surface area contributed by atoms with Gasteiger partial charge in [-0.25, -0.2) is 0 Å². The number of aromatic amines is 1. The number of rotatable bonds is 0. The SMILES string of the molecule is C1=Cc2[nH]ccc2SO1. The van der Waals surface area contributed by atoms with Crippen molar-refractivity contribution in [2.45, 2.75) is 4.90 Å². The molecule has 0 saturated heterocycles. The lowest BCUT2D eigenvalue weighted by molar-refractivity contribution is 0.566. The number of hydrogen-bond donors (Lipinski definition) is 1. The molecule has 0 aliphatic carbocycles. The second kappa shape index (κ2) is 1.84. The molecule has 9 heavy (non-hydrogen) atoms. The third kappa shape index (κ3) is 0.733. The van der Waals surface area contributed by atoms with Crippen molar-refractivity contribution in [3.8, 4) is 0 Å². The Labute approximate surface area is 57.1 Å². The number of nitrogens with one attached hydrogen (secondary N) is 1. The van der Waals surface area contributed by atoms with Crippen molar-refractivity contribution in [1.29, 1.82) is 0 Å². The molecule has 2 rings (SSSR count). The van der Waals surface area contributed by atoms with E-state index in [2.05, 4.69) is 4.98 Å². The van der Waals surface area contributed by atoms with Crippen molar-refractivity contribution < 1.29 is 4.18 Å². The average Bonchev–Trinajstić information content (AvgIpc) is 2.33. The van der Waals surface area contributed by atoms with Crippen molar-refractivity contribution in [2.75, 3.05) is 0 Å². The van der Waals surface area contributed by atoms with Gasteiger partial charge in [-0.2, -0.15) is 0 Å². The zero-order valence-electron chi connectivity index (χ0n) is 4.63. The molecule has 0 fully saturated rings. The van der Waals surface area contributed by atoms with Crippen LogP contribution in [0.1, 0.15) is 5.69 Å². The summed E-state index contributed by atoms with van der Waals surface area (Å²) < 4.78 is 4.97. The van der Waals surface area contributed by atoms with E-state index in [0.717, 1.165) is 10.6 Å². The second-order valence-corrected chi connectivity index (χ2v) is 2.54. The maximum atomic E-state index is 4.97. The first-order valence-corrected chi connectivity index (χ1v) is 3.38. The van der Waals surface area contributed by atoms with E-state index < -0.39 is 0 Å². The van der Waals surface area contributed by atoms with Gasteiger partial charge in [-0.3, -0.25) is 0 Å². The van der Waals surface area contributed by atoms with E-state index in [9.17, 15) is 0 Å². The minimum atomic E-state index is 1.13. The monoisotopic (exact) mass is 139 g/mol. The van der Waals surface area contributed by atoms with Crippen molar-refractivity contribution in [3.63, 3.8) is 0 Å². The Balaban J connectivity index is 2.53. The summed E-state index contributed by atoms with van der Waals surface area (Å²) in [4.78, 5) is 4.22. The fraction of sp³-hybridized carbons (Fsp3) is 0. The number of fused-ring (bicyclic) bond motifs is 1. The summed E-state index contributed by atoms with van der Waals surface area (Å²) in [7, 11) is 0. The van der Waals surface area contributed by atoms with Crippen LogP contribution in [0.2, 0.25) is 0 Å². The molecule has 0 atom stereocenters. The molecular formula is C6H5NOS. The third-order valence-corrected chi connectivity index (χ3v) is 1.91. The highest BCUT2D eigenvalue weighted by molar-refractivity contribution is 7.94. The molecule has 0 saturated carbocycles. The molecule has 0 aromatic carbocycles. The Hall–Kier alpha value is -0.830. The van der Waals surface area contributed by atoms with E-state index in [1.165, 1.54) is 12.0 Å². The highest BCUT2D eigenvalue weighted by atomic mass is 32.2. The highest BCUT2D eigenvalue weighted by Gasteiger charge is 2.04. The molecule has 0 radical (unpaired) electrons. The van der Waals surface area contributed by atoms with Gasteiger partial charge in [0.25, 0.3) is 0 Å². The molecule has 1 aromatic heterocycles. The summed E-state index contributed by atoms with van der Waals surface area (Å²) in [6.45, 7) is 0. The van der Waals surface area contributed by atoms with Crippen LogP contribution < -0.4 is 0 Å². The molecule has 0 unspecified atom stereocenters. The Kier molecular flexibility index (Phi) is 1.02. The van der Waals surface area contributed by atoms with Crippen LogP contribution in [0.15, 0.2) is 23.4 Å². The van der Waals surface area contributed by atoms with Crippen LogP contribution in [0.5, 0.6) is 0 Å². The molecule has 0 amide bonds. The molecule has 46 valence electrons. The maximum Gasteiger partial charge on any atom is 0.104 e. The number of aromatic nitrogens is 1. The van der Waals surface area contributed by atoms with E-state index in [1.54, 1.807) is 6.26 Å². The summed E-state index contributed by atoms with van der Waals surface area (Å²) in [5.74, 6) is 0. The molecule has 2 nitrogen and oxygen atoms in total. The molecule has 1 N–H and O–H groups in total. The molecular weight excluding hydrogens is 134 g/mol. The van der Waals surface area contributed by atoms with Gasteiger partial charge < -0.3 is 9.17 Å². The third-order valence-electron chi connectivity index (χ3n) is 1.17. The lowest BCUT2D eigenvalue weighted by atomic mass is 10.4. The smallest absolute Gasteiger partial charge is 0.104 e. The fourth-order valence-electron chi connectivity index (χ4n) is 0.746. The minimum absolute atomic E-state index is 1.13. The molecule has 0 spiro atoms. The number of hydrogen-bond acceptors (Lipinski definition) is 2. The van der Waals surface area contributed by atoms with Gasteiger partial charge in [0, 0.05) is 6.20 Å². The first-order valence-electron chi connectivity index (χ1n) is 2.64. The molecule has 1 aliphatic heterocycles. The average molecular weight is 139 g/mol. The van der Waals surface area contributed by atoms with Crippen molar-refractivity contribution in [1.82, 2.24) is 4.98 Å². The maximum absolute atomic E-state index is 4.97. The van der Waals surface area contributed by atoms with Gasteiger partial charge in [-0.05, 0) is 12.1 Å². The summed E-state index contributed by atoms with van der Waals surface area (Å²) in [6.07, 6.45) is 5.48. The van der Waals surface area contributed by atoms with Crippen LogP contribution in [-0.2, 0) is 4.18 Å². The van der Waals surface area contributed by atoms with E-state index >= 15 is 0 Å². The highest BCUT2D eigenvalue weighted by Crippen LogP contribution is 2.27. The van der Waals surface area contributed by atoms with Crippen LogP contribution in [0.4, 0.5) is 0 Å². The quantitative estimate of drug-likeness (QED) is 0.556. The molecule has 1 aromatic rings. The van der Waals surface area contributed by atoms with Crippen molar-refractivity contribution in [2.24, 2.45) is 0 Å². The largest absolute Gasteiger partial charge is 0.428 e. The lowest BCUT2D eigenvalue weighted by Gasteiger charge is -2.02. The van der Waals surface area contributed by atoms with Crippen LogP contribution >= 0.6 is 12.0 Å². The zero-order chi connectivity index (χ0) is 6.10. The van der Waals surface area contributed by atoms with Crippen molar-refractivity contribution in [3.05, 3.63) is 24.2 Å². The van der Waals surface area contributed by atoms with E-state index in [1.807, 2.05) is 18.3 Å². The van der Waals surface area contributed by atoms with Gasteiger partial charge in [0.05, 0.1) is 22.6 Å². The predicted octanol–water partition coefficient (Wildman–Crippen LogP) is 2.02. The fourth-order valence-corrected chi connectivity index (χ4v) is 1.30. The normalized spacial score (nSPS) is 14.7. The lowest BCUT2D eigenvalue weighted by Crippen LogP contribution is -1.80. The Morgan fingerprint density at radius 2 is 2.56 bits per heavy atom. The standard InChI is InChI=1S/C6H5NOS/c1-3-7-5-2-4-8-9-6(1)5/h1-4,7H. The van der Waals surface area contributed by atoms with Crippen LogP contribution in [0, 0.1) is 0 Å². The summed E-state index contributed by atoms with van der Waals surface area (Å²) in [5.41, 5.74) is 1.13. The summed E-state index contributed by atoms with van der Waals surface area (Å²) >= 11 is 1.38. The van der Waals surface area contributed by atoms with Crippen LogP contribution in [0.3, 0.4) is 0 Å². The van der Waals surface area contributed by atoms with Crippen LogP contribution in [0.25, 0.3) is 6.08 Å². The number of H-pyrrole nitrogens is 1. The van der Waals surface area contributed by atoms with E-state index in [0.29, 0.717) is 0 Å². The Bertz CT molecular complexity index is 241. The van der Waals surface area contributed by atoms with E-state index in [4.69, 9.17) is 4.18 Å². The van der Waals surface area contributed by atoms with Crippen LogP contribution in [-0.4, -0.2) is 4.98 Å².